The van der Waals surface area contributed by atoms with Gasteiger partial charge in [0.2, 0.25) is 0 Å². The maximum Gasteiger partial charge on any atom is 0.272 e. The van der Waals surface area contributed by atoms with Gasteiger partial charge in [-0.25, -0.2) is 4.98 Å². The number of nitrogens with zero attached hydrogens (tertiary/aromatic N) is 3. The quantitative estimate of drug-likeness (QED) is 0.906. The normalized spacial score (nSPS) is 10.0. The first kappa shape index (κ1) is 13.0. The van der Waals surface area contributed by atoms with Crippen LogP contribution in [0.2, 0.25) is 0 Å². The Labute approximate surface area is 112 Å². The summed E-state index contributed by atoms with van der Waals surface area (Å²) in [5.74, 6) is 0.571. The van der Waals surface area contributed by atoms with Crippen LogP contribution in [0.1, 0.15) is 16.1 Å². The first-order valence-electron chi connectivity index (χ1n) is 6.00. The van der Waals surface area contributed by atoms with Crippen molar-refractivity contribution in [1.29, 1.82) is 0 Å². The third kappa shape index (κ3) is 3.28. The Kier molecular flexibility index (Phi) is 4.07. The van der Waals surface area contributed by atoms with E-state index < -0.39 is 0 Å². The van der Waals surface area contributed by atoms with Crippen molar-refractivity contribution in [3.05, 3.63) is 54.0 Å². The van der Waals surface area contributed by atoms with Crippen LogP contribution >= 0.6 is 0 Å². The molecule has 1 N–H and O–H groups in total. The Balaban J connectivity index is 2.10. The third-order valence-corrected chi connectivity index (χ3v) is 2.71. The van der Waals surface area contributed by atoms with E-state index in [1.165, 1.54) is 0 Å². The largest absolute Gasteiger partial charge is 0.373 e. The second kappa shape index (κ2) is 5.95. The molecule has 1 amide bonds. The molecule has 0 aliphatic carbocycles. The Morgan fingerprint density at radius 2 is 2.16 bits per heavy atom. The average Bonchev–Trinajstić information content (AvgIpc) is 2.47. The second-order valence-corrected chi connectivity index (χ2v) is 4.18. The van der Waals surface area contributed by atoms with E-state index in [1.807, 2.05) is 24.3 Å². The van der Waals surface area contributed by atoms with E-state index in [2.05, 4.69) is 15.3 Å². The van der Waals surface area contributed by atoms with Crippen LogP contribution in [-0.2, 0) is 6.54 Å². The highest BCUT2D eigenvalue weighted by Gasteiger charge is 2.13. The van der Waals surface area contributed by atoms with E-state index in [0.29, 0.717) is 18.1 Å². The van der Waals surface area contributed by atoms with Crippen molar-refractivity contribution < 1.29 is 4.79 Å². The van der Waals surface area contributed by atoms with Gasteiger partial charge < -0.3 is 10.2 Å². The number of rotatable bonds is 4. The van der Waals surface area contributed by atoms with Crippen LogP contribution in [0.3, 0.4) is 0 Å². The van der Waals surface area contributed by atoms with Gasteiger partial charge in [0.25, 0.3) is 5.91 Å². The fourth-order valence-corrected chi connectivity index (χ4v) is 1.73. The van der Waals surface area contributed by atoms with Crippen molar-refractivity contribution in [2.45, 2.75) is 6.54 Å². The zero-order chi connectivity index (χ0) is 13.7. The summed E-state index contributed by atoms with van der Waals surface area (Å²) in [6.07, 6.45) is 3.46. The number of hydrogen-bond donors (Lipinski definition) is 1. The third-order valence-electron chi connectivity index (χ3n) is 2.71. The van der Waals surface area contributed by atoms with E-state index in [9.17, 15) is 4.79 Å². The van der Waals surface area contributed by atoms with Crippen molar-refractivity contribution in [3.8, 4) is 0 Å². The number of aromatic nitrogens is 2. The molecule has 0 spiro atoms. The molecule has 0 aliphatic rings. The Morgan fingerprint density at radius 3 is 2.84 bits per heavy atom. The second-order valence-electron chi connectivity index (χ2n) is 4.18. The Morgan fingerprint density at radius 1 is 1.32 bits per heavy atom. The molecule has 0 radical (unpaired) electrons. The molecule has 0 atom stereocenters. The van der Waals surface area contributed by atoms with Gasteiger partial charge in [0.05, 0.1) is 0 Å². The molecule has 2 aromatic heterocycles. The zero-order valence-electron chi connectivity index (χ0n) is 11.0. The van der Waals surface area contributed by atoms with Gasteiger partial charge in [-0.3, -0.25) is 9.78 Å². The van der Waals surface area contributed by atoms with Crippen LogP contribution in [-0.4, -0.2) is 34.9 Å². The molecule has 5 nitrogen and oxygen atoms in total. The van der Waals surface area contributed by atoms with Crippen molar-refractivity contribution in [3.63, 3.8) is 0 Å². The lowest BCUT2D eigenvalue weighted by Crippen LogP contribution is -2.27. The summed E-state index contributed by atoms with van der Waals surface area (Å²) in [5, 5.41) is 2.92. The molecule has 2 aromatic rings. The van der Waals surface area contributed by atoms with Crippen LogP contribution in [0.25, 0.3) is 0 Å². The summed E-state index contributed by atoms with van der Waals surface area (Å²) in [6, 6.07) is 9.13. The zero-order valence-corrected chi connectivity index (χ0v) is 11.0. The van der Waals surface area contributed by atoms with Crippen molar-refractivity contribution >= 4 is 11.7 Å². The highest BCUT2D eigenvalue weighted by Crippen LogP contribution is 2.08. The number of pyridine rings is 2. The van der Waals surface area contributed by atoms with E-state index in [-0.39, 0.29) is 5.91 Å². The molecule has 5 heteroatoms. The van der Waals surface area contributed by atoms with Gasteiger partial charge in [0.1, 0.15) is 11.5 Å². The molecule has 0 aliphatic heterocycles. The maximum absolute atomic E-state index is 12.2. The molecule has 0 saturated heterocycles. The highest BCUT2D eigenvalue weighted by molar-refractivity contribution is 5.92. The monoisotopic (exact) mass is 256 g/mol. The summed E-state index contributed by atoms with van der Waals surface area (Å²) in [5.41, 5.74) is 1.42. The molecular weight excluding hydrogens is 240 g/mol. The lowest BCUT2D eigenvalue weighted by molar-refractivity contribution is 0.0779. The highest BCUT2D eigenvalue weighted by atomic mass is 16.2. The average molecular weight is 256 g/mol. The van der Waals surface area contributed by atoms with Gasteiger partial charge in [-0.2, -0.15) is 0 Å². The molecule has 0 saturated carbocycles. The first-order valence-corrected chi connectivity index (χ1v) is 6.00. The predicted octanol–water partition coefficient (Wildman–Crippen LogP) is 1.79. The van der Waals surface area contributed by atoms with E-state index >= 15 is 0 Å². The molecule has 2 rings (SSSR count). The fourth-order valence-electron chi connectivity index (χ4n) is 1.73. The van der Waals surface area contributed by atoms with E-state index in [4.69, 9.17) is 0 Å². The van der Waals surface area contributed by atoms with Crippen LogP contribution < -0.4 is 5.32 Å². The number of hydrogen-bond acceptors (Lipinski definition) is 4. The van der Waals surface area contributed by atoms with Gasteiger partial charge in [-0.05, 0) is 23.8 Å². The molecule has 19 heavy (non-hydrogen) atoms. The number of amides is 1. The number of carbonyl (C=O) groups excluding carboxylic acids is 1. The minimum atomic E-state index is -0.110. The number of carbonyl (C=O) groups is 1. The SMILES string of the molecule is CNc1cccc(C(=O)N(C)Cc2cccnc2)n1. The Hall–Kier alpha value is -2.43. The van der Waals surface area contributed by atoms with Crippen LogP contribution in [0.15, 0.2) is 42.7 Å². The lowest BCUT2D eigenvalue weighted by atomic mass is 10.2. The molecule has 2 heterocycles. The van der Waals surface area contributed by atoms with Gasteiger partial charge in [-0.1, -0.05) is 12.1 Å². The molecule has 0 unspecified atom stereocenters. The van der Waals surface area contributed by atoms with Crippen LogP contribution in [0.4, 0.5) is 5.82 Å². The topological polar surface area (TPSA) is 58.1 Å². The standard InChI is InChI=1S/C14H16N4O/c1-15-13-7-3-6-12(17-13)14(19)18(2)10-11-5-4-8-16-9-11/h3-9H,10H2,1-2H3,(H,15,17). The summed E-state index contributed by atoms with van der Waals surface area (Å²) >= 11 is 0. The molecular formula is C14H16N4O. The smallest absolute Gasteiger partial charge is 0.272 e. The fraction of sp³-hybridized carbons (Fsp3) is 0.214. The number of nitrogens with one attached hydrogen (secondary N) is 1. The molecule has 0 aromatic carbocycles. The summed E-state index contributed by atoms with van der Waals surface area (Å²) in [7, 11) is 3.53. The van der Waals surface area contributed by atoms with Crippen LogP contribution in [0, 0.1) is 0 Å². The van der Waals surface area contributed by atoms with Gasteiger partial charge in [0, 0.05) is 33.0 Å². The van der Waals surface area contributed by atoms with E-state index in [0.717, 1.165) is 5.56 Å². The summed E-state index contributed by atoms with van der Waals surface area (Å²) < 4.78 is 0. The molecule has 98 valence electrons. The van der Waals surface area contributed by atoms with Crippen LogP contribution in [0.5, 0.6) is 0 Å². The minimum Gasteiger partial charge on any atom is -0.373 e. The number of anilines is 1. The maximum atomic E-state index is 12.2. The van der Waals surface area contributed by atoms with Gasteiger partial charge in [0.15, 0.2) is 0 Å². The molecule has 0 fully saturated rings. The van der Waals surface area contributed by atoms with Crippen molar-refractivity contribution in [2.24, 2.45) is 0 Å². The van der Waals surface area contributed by atoms with Crippen molar-refractivity contribution in [2.75, 3.05) is 19.4 Å². The van der Waals surface area contributed by atoms with Gasteiger partial charge in [-0.15, -0.1) is 0 Å². The summed E-state index contributed by atoms with van der Waals surface area (Å²) in [4.78, 5) is 22.1. The molecule has 0 bridgehead atoms. The first-order chi connectivity index (χ1) is 9.20. The van der Waals surface area contributed by atoms with E-state index in [1.54, 1.807) is 37.5 Å². The lowest BCUT2D eigenvalue weighted by Gasteiger charge is -2.16. The summed E-state index contributed by atoms with van der Waals surface area (Å²) in [6.45, 7) is 0.512. The predicted molar refractivity (Wildman–Crippen MR) is 73.8 cm³/mol. The minimum absolute atomic E-state index is 0.110. The van der Waals surface area contributed by atoms with Crippen molar-refractivity contribution in [1.82, 2.24) is 14.9 Å². The Bertz CT molecular complexity index is 556. The van der Waals surface area contributed by atoms with Gasteiger partial charge >= 0.3 is 0 Å².